The van der Waals surface area contributed by atoms with Gasteiger partial charge in [-0.15, -0.1) is 0 Å². The lowest BCUT2D eigenvalue weighted by atomic mass is 9.76. The lowest BCUT2D eigenvalue weighted by molar-refractivity contribution is 0.393. The minimum Gasteiger partial charge on any atom is -0.496 e. The van der Waals surface area contributed by atoms with Gasteiger partial charge in [-0.3, -0.25) is 0 Å². The lowest BCUT2D eigenvalue weighted by Crippen LogP contribution is -2.29. The Balaban J connectivity index is 1.76. The van der Waals surface area contributed by atoms with E-state index in [4.69, 9.17) is 9.47 Å². The Bertz CT molecular complexity index is 1350. The summed E-state index contributed by atoms with van der Waals surface area (Å²) in [5, 5.41) is 2.50. The van der Waals surface area contributed by atoms with Gasteiger partial charge in [-0.25, -0.2) is 0 Å². The van der Waals surface area contributed by atoms with Crippen molar-refractivity contribution in [2.45, 2.75) is 19.3 Å². The molecule has 31 heavy (non-hydrogen) atoms. The van der Waals surface area contributed by atoms with Crippen LogP contribution >= 0.6 is 15.9 Å². The molecule has 1 atom stereocenters. The van der Waals surface area contributed by atoms with Gasteiger partial charge in [-0.2, -0.15) is 0 Å². The molecular weight excluding hydrogens is 450 g/mol. The number of fused-ring (bicyclic) bond motifs is 6. The van der Waals surface area contributed by atoms with E-state index in [1.165, 1.54) is 33.3 Å². The predicted molar refractivity (Wildman–Crippen MR) is 129 cm³/mol. The summed E-state index contributed by atoms with van der Waals surface area (Å²) in [4.78, 5) is 2.45. The molecule has 4 aromatic rings. The molecule has 4 aromatic carbocycles. The molecule has 0 spiro atoms. The van der Waals surface area contributed by atoms with Gasteiger partial charge in [0.15, 0.2) is 0 Å². The number of anilines is 2. The summed E-state index contributed by atoms with van der Waals surface area (Å²) in [5.41, 5.74) is 6.16. The van der Waals surface area contributed by atoms with Crippen LogP contribution in [0, 0.1) is 0 Å². The second-order valence-corrected chi connectivity index (χ2v) is 9.03. The third-order valence-electron chi connectivity index (χ3n) is 6.40. The monoisotopic (exact) mass is 471 g/mol. The molecule has 2 aliphatic heterocycles. The molecule has 0 aromatic heterocycles. The molecular formula is C27H22BrNO2. The van der Waals surface area contributed by atoms with Crippen molar-refractivity contribution in [2.75, 3.05) is 18.6 Å². The Hall–Kier alpha value is -2.98. The number of halogens is 1. The number of nitrogens with zero attached hydrogens (tertiary/aromatic N) is 1. The first-order valence-electron chi connectivity index (χ1n) is 10.7. The molecule has 0 amide bonds. The first-order chi connectivity index (χ1) is 15.2. The fourth-order valence-corrected chi connectivity index (χ4v) is 5.60. The normalized spacial score (nSPS) is 15.7. The molecule has 4 heteroatoms. The molecule has 0 bridgehead atoms. The average Bonchev–Trinajstić information content (AvgIpc) is 2.79. The number of benzene rings is 4. The van der Waals surface area contributed by atoms with Crippen LogP contribution in [0.3, 0.4) is 0 Å². The molecule has 0 saturated heterocycles. The largest absolute Gasteiger partial charge is 0.496 e. The van der Waals surface area contributed by atoms with Gasteiger partial charge in [-0.1, -0.05) is 47.1 Å². The molecule has 0 fully saturated rings. The van der Waals surface area contributed by atoms with Crippen LogP contribution in [0.2, 0.25) is 0 Å². The van der Waals surface area contributed by atoms with E-state index in [2.05, 4.69) is 76.3 Å². The fourth-order valence-electron chi connectivity index (χ4n) is 5.22. The predicted octanol–water partition coefficient (Wildman–Crippen LogP) is 7.76. The highest BCUT2D eigenvalue weighted by atomic mass is 79.9. The van der Waals surface area contributed by atoms with E-state index in [0.29, 0.717) is 0 Å². The molecule has 6 rings (SSSR count). The van der Waals surface area contributed by atoms with Crippen molar-refractivity contribution < 1.29 is 9.47 Å². The summed E-state index contributed by atoms with van der Waals surface area (Å²) >= 11 is 3.64. The summed E-state index contributed by atoms with van der Waals surface area (Å²) in [5.74, 6) is 2.73. The highest BCUT2D eigenvalue weighted by Crippen LogP contribution is 2.59. The zero-order valence-electron chi connectivity index (χ0n) is 17.5. The molecule has 2 aliphatic rings. The Labute approximate surface area is 190 Å². The van der Waals surface area contributed by atoms with E-state index < -0.39 is 0 Å². The molecule has 154 valence electrons. The van der Waals surface area contributed by atoms with Gasteiger partial charge in [0, 0.05) is 39.4 Å². The van der Waals surface area contributed by atoms with Crippen LogP contribution in [-0.4, -0.2) is 13.7 Å². The van der Waals surface area contributed by atoms with Crippen molar-refractivity contribution in [1.82, 2.24) is 0 Å². The standard InChI is InChI=1S/C27H22BrNO2/c1-3-14-29-19-6-4-8-22-25(19)27(26-21(30-2)7-5-9-23(26)31-22)24-18-12-11-17(28)15-16(18)10-13-20(24)29/h4-13,15,27H,3,14H2,1-2H3/t27-/m0/s1. The third kappa shape index (κ3) is 2.64. The van der Waals surface area contributed by atoms with Gasteiger partial charge in [-0.05, 0) is 65.2 Å². The van der Waals surface area contributed by atoms with Gasteiger partial charge in [0.25, 0.3) is 0 Å². The van der Waals surface area contributed by atoms with Crippen molar-refractivity contribution in [2.24, 2.45) is 0 Å². The molecule has 0 radical (unpaired) electrons. The van der Waals surface area contributed by atoms with Crippen LogP contribution in [0.15, 0.2) is 71.2 Å². The number of ether oxygens (including phenoxy) is 2. The van der Waals surface area contributed by atoms with Gasteiger partial charge >= 0.3 is 0 Å². The van der Waals surface area contributed by atoms with Crippen molar-refractivity contribution in [3.05, 3.63) is 87.9 Å². The SMILES string of the molecule is CCCN1c2cccc3c2[C@@H](c2c(OC)cccc2O3)c2c1ccc1cc(Br)ccc21. The first kappa shape index (κ1) is 18.8. The van der Waals surface area contributed by atoms with Gasteiger partial charge in [0.1, 0.15) is 17.2 Å². The third-order valence-corrected chi connectivity index (χ3v) is 6.90. The summed E-state index contributed by atoms with van der Waals surface area (Å²) < 4.78 is 13.4. The van der Waals surface area contributed by atoms with Crippen LogP contribution in [0.4, 0.5) is 11.4 Å². The van der Waals surface area contributed by atoms with Crippen molar-refractivity contribution in [3.63, 3.8) is 0 Å². The van der Waals surface area contributed by atoms with Crippen LogP contribution in [0.1, 0.15) is 36.0 Å². The molecule has 0 saturated carbocycles. The van der Waals surface area contributed by atoms with Crippen molar-refractivity contribution >= 4 is 38.1 Å². The van der Waals surface area contributed by atoms with E-state index >= 15 is 0 Å². The van der Waals surface area contributed by atoms with Gasteiger partial charge < -0.3 is 14.4 Å². The lowest BCUT2D eigenvalue weighted by Gasteiger charge is -2.42. The fraction of sp³-hybridized carbons (Fsp3) is 0.185. The van der Waals surface area contributed by atoms with Crippen molar-refractivity contribution in [3.8, 4) is 17.2 Å². The van der Waals surface area contributed by atoms with E-state index in [9.17, 15) is 0 Å². The van der Waals surface area contributed by atoms with E-state index in [1.54, 1.807) is 7.11 Å². The topological polar surface area (TPSA) is 21.7 Å². The zero-order chi connectivity index (χ0) is 21.1. The smallest absolute Gasteiger partial charge is 0.135 e. The molecule has 0 N–H and O–H groups in total. The Morgan fingerprint density at radius 2 is 1.68 bits per heavy atom. The summed E-state index contributed by atoms with van der Waals surface area (Å²) in [6.07, 6.45) is 1.06. The number of hydrogen-bond acceptors (Lipinski definition) is 3. The summed E-state index contributed by atoms with van der Waals surface area (Å²) in [6, 6.07) is 23.6. The van der Waals surface area contributed by atoms with E-state index in [1.807, 2.05) is 18.2 Å². The Morgan fingerprint density at radius 3 is 2.48 bits per heavy atom. The highest BCUT2D eigenvalue weighted by molar-refractivity contribution is 9.10. The highest BCUT2D eigenvalue weighted by Gasteiger charge is 2.40. The van der Waals surface area contributed by atoms with E-state index in [0.717, 1.165) is 40.3 Å². The van der Waals surface area contributed by atoms with Gasteiger partial charge in [0.05, 0.1) is 7.11 Å². The molecule has 0 aliphatic carbocycles. The quantitative estimate of drug-likeness (QED) is 0.268. The molecule has 3 nitrogen and oxygen atoms in total. The molecule has 2 heterocycles. The minimum absolute atomic E-state index is 0.0547. The number of methoxy groups -OCH3 is 1. The maximum absolute atomic E-state index is 6.43. The maximum atomic E-state index is 6.43. The average molecular weight is 472 g/mol. The van der Waals surface area contributed by atoms with E-state index in [-0.39, 0.29) is 5.92 Å². The van der Waals surface area contributed by atoms with Crippen molar-refractivity contribution in [1.29, 1.82) is 0 Å². The first-order valence-corrected chi connectivity index (χ1v) is 11.5. The van der Waals surface area contributed by atoms with Crippen LogP contribution < -0.4 is 14.4 Å². The summed E-state index contributed by atoms with van der Waals surface area (Å²) in [6.45, 7) is 3.19. The Kier molecular flexibility index (Phi) is 4.25. The second kappa shape index (κ2) is 7.03. The van der Waals surface area contributed by atoms with Crippen LogP contribution in [-0.2, 0) is 0 Å². The van der Waals surface area contributed by atoms with Crippen LogP contribution in [0.5, 0.6) is 17.2 Å². The molecule has 0 unspecified atom stereocenters. The second-order valence-electron chi connectivity index (χ2n) is 8.11. The number of hydrogen-bond donors (Lipinski definition) is 0. The maximum Gasteiger partial charge on any atom is 0.135 e. The summed E-state index contributed by atoms with van der Waals surface area (Å²) in [7, 11) is 1.74. The zero-order valence-corrected chi connectivity index (χ0v) is 19.1. The van der Waals surface area contributed by atoms with Crippen LogP contribution in [0.25, 0.3) is 10.8 Å². The van der Waals surface area contributed by atoms with Gasteiger partial charge in [0.2, 0.25) is 0 Å². The Morgan fingerprint density at radius 1 is 0.903 bits per heavy atom. The number of rotatable bonds is 3. The minimum atomic E-state index is 0.0547.